The summed E-state index contributed by atoms with van der Waals surface area (Å²) in [5.74, 6) is 4.56. The van der Waals surface area contributed by atoms with E-state index in [9.17, 15) is 4.79 Å². The van der Waals surface area contributed by atoms with Crippen molar-refractivity contribution < 1.29 is 14.3 Å². The number of benzene rings is 1. The summed E-state index contributed by atoms with van der Waals surface area (Å²) in [6, 6.07) is 7.53. The van der Waals surface area contributed by atoms with Crippen LogP contribution < -0.4 is 9.47 Å². The van der Waals surface area contributed by atoms with Crippen molar-refractivity contribution in [2.45, 2.75) is 123 Å². The third-order valence-corrected chi connectivity index (χ3v) is 9.35. The molecular weight excluding hydrogens is 496 g/mol. The van der Waals surface area contributed by atoms with E-state index in [0.29, 0.717) is 23.9 Å². The molecule has 0 aliphatic heterocycles. The Morgan fingerprint density at radius 3 is 1.98 bits per heavy atom. The molecule has 2 aliphatic carbocycles. The Bertz CT molecular complexity index is 975. The van der Waals surface area contributed by atoms with Crippen LogP contribution >= 0.6 is 0 Å². The molecule has 0 N–H and O–H groups in total. The van der Waals surface area contributed by atoms with E-state index in [2.05, 4.69) is 23.8 Å². The smallest absolute Gasteiger partial charge is 0.314 e. The topological polar surface area (TPSA) is 61.3 Å². The van der Waals surface area contributed by atoms with Crippen LogP contribution in [0, 0.1) is 23.7 Å². The molecular formula is C35H52N2O3. The first-order valence-electron chi connectivity index (χ1n) is 16.4. The maximum Gasteiger partial charge on any atom is 0.314 e. The molecule has 2 fully saturated rings. The Hall–Kier alpha value is -2.43. The predicted octanol–water partition coefficient (Wildman–Crippen LogP) is 9.59. The molecule has 1 aromatic heterocycles. The largest absolute Gasteiger partial charge is 0.490 e. The number of unbranched alkanes of at least 4 members (excludes halogenated alkanes) is 6. The molecule has 2 aromatic rings. The van der Waals surface area contributed by atoms with Gasteiger partial charge in [-0.3, -0.25) is 4.79 Å². The van der Waals surface area contributed by atoms with Gasteiger partial charge in [0.2, 0.25) is 0 Å². The van der Waals surface area contributed by atoms with Crippen LogP contribution in [0.5, 0.6) is 11.5 Å². The van der Waals surface area contributed by atoms with Gasteiger partial charge in [0.15, 0.2) is 11.6 Å². The van der Waals surface area contributed by atoms with Gasteiger partial charge in [-0.05, 0) is 87.0 Å². The molecule has 40 heavy (non-hydrogen) atoms. The highest BCUT2D eigenvalue weighted by Gasteiger charge is 2.33. The van der Waals surface area contributed by atoms with Gasteiger partial charge < -0.3 is 9.47 Å². The second kappa shape index (κ2) is 16.7. The molecule has 0 atom stereocenters. The van der Waals surface area contributed by atoms with Gasteiger partial charge in [0.25, 0.3) is 0 Å². The van der Waals surface area contributed by atoms with Crippen LogP contribution in [-0.2, 0) is 4.79 Å². The van der Waals surface area contributed by atoms with Crippen molar-refractivity contribution in [3.8, 4) is 22.9 Å². The van der Waals surface area contributed by atoms with Crippen molar-refractivity contribution in [1.29, 1.82) is 0 Å². The molecule has 0 saturated heterocycles. The Morgan fingerprint density at radius 2 is 1.32 bits per heavy atom. The Kier molecular flexibility index (Phi) is 12.8. The molecule has 0 amide bonds. The van der Waals surface area contributed by atoms with E-state index in [1.54, 1.807) is 12.4 Å². The summed E-state index contributed by atoms with van der Waals surface area (Å²) in [6.45, 7) is 5.22. The van der Waals surface area contributed by atoms with Crippen LogP contribution in [0.25, 0.3) is 11.4 Å². The van der Waals surface area contributed by atoms with Crippen LogP contribution in [0.2, 0.25) is 0 Å². The van der Waals surface area contributed by atoms with Crippen molar-refractivity contribution in [2.75, 3.05) is 6.61 Å². The van der Waals surface area contributed by atoms with Gasteiger partial charge in [0, 0.05) is 5.56 Å². The van der Waals surface area contributed by atoms with E-state index in [0.717, 1.165) is 42.6 Å². The van der Waals surface area contributed by atoms with E-state index in [4.69, 9.17) is 9.47 Å². The highest BCUT2D eigenvalue weighted by atomic mass is 16.5. The molecule has 0 bridgehead atoms. The molecule has 5 heteroatoms. The van der Waals surface area contributed by atoms with E-state index in [1.807, 2.05) is 24.3 Å². The molecule has 1 aromatic carbocycles. The van der Waals surface area contributed by atoms with Gasteiger partial charge in [-0.1, -0.05) is 78.1 Å². The summed E-state index contributed by atoms with van der Waals surface area (Å²) in [7, 11) is 0. The molecule has 0 radical (unpaired) electrons. The van der Waals surface area contributed by atoms with Gasteiger partial charge in [0.05, 0.1) is 24.9 Å². The molecule has 5 nitrogen and oxygen atoms in total. The fourth-order valence-electron chi connectivity index (χ4n) is 6.76. The number of hydrogen-bond acceptors (Lipinski definition) is 5. The van der Waals surface area contributed by atoms with E-state index < -0.39 is 0 Å². The van der Waals surface area contributed by atoms with E-state index in [-0.39, 0.29) is 11.9 Å². The lowest BCUT2D eigenvalue weighted by molar-refractivity contribution is -0.140. The summed E-state index contributed by atoms with van der Waals surface area (Å²) in [5.41, 5.74) is 0.895. The number of ether oxygens (including phenoxy) is 2. The highest BCUT2D eigenvalue weighted by molar-refractivity contribution is 5.75. The fourth-order valence-corrected chi connectivity index (χ4v) is 6.76. The van der Waals surface area contributed by atoms with Crippen molar-refractivity contribution in [2.24, 2.45) is 23.7 Å². The third-order valence-electron chi connectivity index (χ3n) is 9.35. The molecule has 4 rings (SSSR count). The van der Waals surface area contributed by atoms with Crippen LogP contribution in [0.1, 0.15) is 123 Å². The Morgan fingerprint density at radius 1 is 0.725 bits per heavy atom. The van der Waals surface area contributed by atoms with Crippen LogP contribution in [0.15, 0.2) is 36.7 Å². The Labute approximate surface area is 242 Å². The van der Waals surface area contributed by atoms with E-state index in [1.165, 1.54) is 89.9 Å². The van der Waals surface area contributed by atoms with Gasteiger partial charge in [0.1, 0.15) is 5.75 Å². The normalized spacial score (nSPS) is 23.1. The molecule has 2 saturated carbocycles. The molecule has 220 valence electrons. The molecule has 2 aliphatic rings. The first-order chi connectivity index (χ1) is 19.7. The number of esters is 1. The van der Waals surface area contributed by atoms with Gasteiger partial charge in [-0.15, -0.1) is 0 Å². The van der Waals surface area contributed by atoms with Gasteiger partial charge in [-0.25, -0.2) is 9.97 Å². The fraction of sp³-hybridized carbons (Fsp3) is 0.686. The SMILES string of the molecule is CCCCCCCOc1cnc(-c2ccc(OC(=O)[C@H]3CC[C@H]([C@H]4CC[C@H](CCCCC)CC4)CC3)cc2)nc1. The lowest BCUT2D eigenvalue weighted by atomic mass is 9.68. The van der Waals surface area contributed by atoms with E-state index >= 15 is 0 Å². The first kappa shape index (κ1) is 30.5. The number of carbonyl (C=O) groups excluding carboxylic acids is 1. The standard InChI is InChI=1S/C35H52N2O3/c1-3-5-7-8-10-24-39-33-25-36-34(37-26-33)30-20-22-32(23-21-30)40-35(38)31-18-16-29(17-19-31)28-14-12-27(13-15-28)11-9-6-4-2/h20-23,25-29,31H,3-19,24H2,1-2H3/t27-,28-,29-,31-. The maximum absolute atomic E-state index is 12.9. The minimum atomic E-state index is -0.0710. The number of carbonyl (C=O) groups is 1. The van der Waals surface area contributed by atoms with Crippen molar-refractivity contribution >= 4 is 5.97 Å². The van der Waals surface area contributed by atoms with Crippen molar-refractivity contribution in [3.05, 3.63) is 36.7 Å². The highest BCUT2D eigenvalue weighted by Crippen LogP contribution is 2.42. The van der Waals surface area contributed by atoms with Crippen molar-refractivity contribution in [1.82, 2.24) is 9.97 Å². The van der Waals surface area contributed by atoms with Crippen molar-refractivity contribution in [3.63, 3.8) is 0 Å². The number of rotatable bonds is 15. The number of nitrogens with zero attached hydrogens (tertiary/aromatic N) is 2. The van der Waals surface area contributed by atoms with Gasteiger partial charge >= 0.3 is 5.97 Å². The average molecular weight is 549 g/mol. The zero-order valence-electron chi connectivity index (χ0n) is 25.1. The lowest BCUT2D eigenvalue weighted by Gasteiger charge is -2.37. The van der Waals surface area contributed by atoms with Gasteiger partial charge in [-0.2, -0.15) is 0 Å². The molecule has 0 spiro atoms. The summed E-state index contributed by atoms with van der Waals surface area (Å²) >= 11 is 0. The summed E-state index contributed by atoms with van der Waals surface area (Å²) in [5, 5.41) is 0. The first-order valence-corrected chi connectivity index (χ1v) is 16.4. The van der Waals surface area contributed by atoms with Crippen LogP contribution in [0.4, 0.5) is 0 Å². The van der Waals surface area contributed by atoms with Crippen LogP contribution in [0.3, 0.4) is 0 Å². The predicted molar refractivity (Wildman–Crippen MR) is 162 cm³/mol. The zero-order chi connectivity index (χ0) is 28.0. The number of hydrogen-bond donors (Lipinski definition) is 0. The minimum absolute atomic E-state index is 0.0313. The lowest BCUT2D eigenvalue weighted by Crippen LogP contribution is -2.30. The molecule has 0 unspecified atom stereocenters. The maximum atomic E-state index is 12.9. The Balaban J connectivity index is 1.15. The average Bonchev–Trinajstić information content (AvgIpc) is 3.00. The summed E-state index contributed by atoms with van der Waals surface area (Å²) in [4.78, 5) is 21.8. The quantitative estimate of drug-likeness (QED) is 0.126. The second-order valence-electron chi connectivity index (χ2n) is 12.3. The van der Waals surface area contributed by atoms with Crippen LogP contribution in [-0.4, -0.2) is 22.5 Å². The zero-order valence-corrected chi connectivity index (χ0v) is 25.1. The summed E-state index contributed by atoms with van der Waals surface area (Å²) < 4.78 is 11.6. The molecule has 1 heterocycles. The third kappa shape index (κ3) is 9.59. The number of aromatic nitrogens is 2. The monoisotopic (exact) mass is 548 g/mol. The second-order valence-corrected chi connectivity index (χ2v) is 12.3. The minimum Gasteiger partial charge on any atom is -0.490 e. The summed E-state index contributed by atoms with van der Waals surface area (Å²) in [6.07, 6.45) is 25.1.